The lowest BCUT2D eigenvalue weighted by atomic mass is 10.2. The van der Waals surface area contributed by atoms with E-state index >= 15 is 0 Å². The Morgan fingerprint density at radius 2 is 1.89 bits per heavy atom. The molecule has 0 atom stereocenters. The Hall–Kier alpha value is -1.06. The van der Waals surface area contributed by atoms with E-state index < -0.39 is 0 Å². The summed E-state index contributed by atoms with van der Waals surface area (Å²) >= 11 is 0. The molecule has 1 aromatic carbocycles. The SMILES string of the molecule is NCc1ccc(OCCCCCNC2CC2)cc1. The van der Waals surface area contributed by atoms with Crippen LogP contribution in [-0.2, 0) is 6.54 Å². The quantitative estimate of drug-likeness (QED) is 0.660. The zero-order valence-electron chi connectivity index (χ0n) is 11.0. The zero-order chi connectivity index (χ0) is 12.6. The number of unbranched alkanes of at least 4 members (excludes halogenated alkanes) is 2. The van der Waals surface area contributed by atoms with Crippen LogP contribution in [0.4, 0.5) is 0 Å². The van der Waals surface area contributed by atoms with Crippen molar-refractivity contribution in [3.05, 3.63) is 29.8 Å². The van der Waals surface area contributed by atoms with Crippen LogP contribution >= 0.6 is 0 Å². The molecule has 2 rings (SSSR count). The molecule has 0 heterocycles. The van der Waals surface area contributed by atoms with Crippen molar-refractivity contribution in [1.29, 1.82) is 0 Å². The van der Waals surface area contributed by atoms with E-state index in [0.29, 0.717) is 6.54 Å². The molecule has 1 fully saturated rings. The largest absolute Gasteiger partial charge is 0.494 e. The molecule has 3 N–H and O–H groups in total. The van der Waals surface area contributed by atoms with Crippen LogP contribution in [0.15, 0.2) is 24.3 Å². The second kappa shape index (κ2) is 7.39. The first-order valence-corrected chi connectivity index (χ1v) is 7.03. The van der Waals surface area contributed by atoms with E-state index in [1.165, 1.54) is 25.7 Å². The Morgan fingerprint density at radius 1 is 1.11 bits per heavy atom. The first kappa shape index (κ1) is 13.4. The second-order valence-corrected chi connectivity index (χ2v) is 4.99. The summed E-state index contributed by atoms with van der Waals surface area (Å²) in [6.45, 7) is 2.57. The van der Waals surface area contributed by atoms with E-state index in [1.807, 2.05) is 24.3 Å². The molecule has 3 heteroatoms. The Balaban J connectivity index is 1.48. The molecule has 3 nitrogen and oxygen atoms in total. The number of nitrogens with two attached hydrogens (primary N) is 1. The molecule has 18 heavy (non-hydrogen) atoms. The third-order valence-corrected chi connectivity index (χ3v) is 3.26. The first-order chi connectivity index (χ1) is 8.88. The van der Waals surface area contributed by atoms with E-state index in [4.69, 9.17) is 10.5 Å². The van der Waals surface area contributed by atoms with Gasteiger partial charge in [0, 0.05) is 12.6 Å². The molecule has 0 saturated heterocycles. The highest BCUT2D eigenvalue weighted by atomic mass is 16.5. The van der Waals surface area contributed by atoms with Crippen molar-refractivity contribution in [2.75, 3.05) is 13.2 Å². The number of rotatable bonds is 9. The Labute approximate surface area is 110 Å². The summed E-state index contributed by atoms with van der Waals surface area (Å²) in [4.78, 5) is 0. The van der Waals surface area contributed by atoms with Gasteiger partial charge >= 0.3 is 0 Å². The predicted octanol–water partition coefficient (Wildman–Crippen LogP) is 2.45. The van der Waals surface area contributed by atoms with Crippen molar-refractivity contribution in [2.24, 2.45) is 5.73 Å². The highest BCUT2D eigenvalue weighted by Gasteiger charge is 2.19. The summed E-state index contributed by atoms with van der Waals surface area (Å²) in [6.07, 6.45) is 6.38. The van der Waals surface area contributed by atoms with Crippen molar-refractivity contribution >= 4 is 0 Å². The number of benzene rings is 1. The van der Waals surface area contributed by atoms with Crippen molar-refractivity contribution in [3.63, 3.8) is 0 Å². The monoisotopic (exact) mass is 248 g/mol. The maximum Gasteiger partial charge on any atom is 0.119 e. The lowest BCUT2D eigenvalue weighted by molar-refractivity contribution is 0.305. The fourth-order valence-corrected chi connectivity index (χ4v) is 1.91. The number of hydrogen-bond acceptors (Lipinski definition) is 3. The minimum absolute atomic E-state index is 0.592. The fraction of sp³-hybridized carbons (Fsp3) is 0.600. The lowest BCUT2D eigenvalue weighted by Gasteiger charge is -2.07. The Morgan fingerprint density at radius 3 is 2.56 bits per heavy atom. The van der Waals surface area contributed by atoms with Gasteiger partial charge in [-0.1, -0.05) is 12.1 Å². The number of ether oxygens (including phenoxy) is 1. The maximum absolute atomic E-state index is 5.68. The molecule has 1 saturated carbocycles. The van der Waals surface area contributed by atoms with Gasteiger partial charge in [0.1, 0.15) is 5.75 Å². The van der Waals surface area contributed by atoms with Gasteiger partial charge < -0.3 is 15.8 Å². The molecule has 0 radical (unpaired) electrons. The summed E-state index contributed by atoms with van der Waals surface area (Å²) in [6, 6.07) is 8.87. The minimum Gasteiger partial charge on any atom is -0.494 e. The molecule has 1 aliphatic rings. The molecule has 0 bridgehead atoms. The molecule has 0 spiro atoms. The third-order valence-electron chi connectivity index (χ3n) is 3.26. The minimum atomic E-state index is 0.592. The molecule has 100 valence electrons. The normalized spacial score (nSPS) is 14.7. The van der Waals surface area contributed by atoms with E-state index in [0.717, 1.165) is 36.9 Å². The maximum atomic E-state index is 5.68. The van der Waals surface area contributed by atoms with Crippen molar-refractivity contribution in [3.8, 4) is 5.75 Å². The molecular weight excluding hydrogens is 224 g/mol. The summed E-state index contributed by atoms with van der Waals surface area (Å²) in [5.74, 6) is 0.948. The summed E-state index contributed by atoms with van der Waals surface area (Å²) < 4.78 is 5.68. The van der Waals surface area contributed by atoms with Gasteiger partial charge in [-0.25, -0.2) is 0 Å². The van der Waals surface area contributed by atoms with Crippen LogP contribution in [0.25, 0.3) is 0 Å². The molecule has 0 amide bonds. The van der Waals surface area contributed by atoms with Crippen molar-refractivity contribution in [2.45, 2.75) is 44.7 Å². The summed E-state index contributed by atoms with van der Waals surface area (Å²) in [7, 11) is 0. The molecule has 0 unspecified atom stereocenters. The van der Waals surface area contributed by atoms with Crippen LogP contribution in [0.1, 0.15) is 37.7 Å². The summed E-state index contributed by atoms with van der Waals surface area (Å²) in [5.41, 5.74) is 6.69. The topological polar surface area (TPSA) is 47.3 Å². The van der Waals surface area contributed by atoms with Crippen LogP contribution in [0.3, 0.4) is 0 Å². The molecule has 0 aliphatic heterocycles. The molecular formula is C15H24N2O. The van der Waals surface area contributed by atoms with Crippen LogP contribution in [0, 0.1) is 0 Å². The van der Waals surface area contributed by atoms with Crippen LogP contribution in [-0.4, -0.2) is 19.2 Å². The van der Waals surface area contributed by atoms with Gasteiger partial charge in [0.05, 0.1) is 6.61 Å². The van der Waals surface area contributed by atoms with Gasteiger partial charge in [-0.05, 0) is 56.3 Å². The molecule has 1 aliphatic carbocycles. The van der Waals surface area contributed by atoms with Crippen LogP contribution in [0.2, 0.25) is 0 Å². The Kier molecular flexibility index (Phi) is 5.49. The third kappa shape index (κ3) is 5.07. The first-order valence-electron chi connectivity index (χ1n) is 7.03. The Bertz CT molecular complexity index is 333. The van der Waals surface area contributed by atoms with Gasteiger partial charge in [-0.3, -0.25) is 0 Å². The zero-order valence-corrected chi connectivity index (χ0v) is 11.0. The highest BCUT2D eigenvalue weighted by molar-refractivity contribution is 5.26. The van der Waals surface area contributed by atoms with E-state index in [9.17, 15) is 0 Å². The average Bonchev–Trinajstić information content (AvgIpc) is 3.22. The molecule has 1 aromatic rings. The van der Waals surface area contributed by atoms with Gasteiger partial charge in [-0.2, -0.15) is 0 Å². The molecule has 0 aromatic heterocycles. The lowest BCUT2D eigenvalue weighted by Crippen LogP contribution is -2.17. The predicted molar refractivity (Wildman–Crippen MR) is 74.7 cm³/mol. The second-order valence-electron chi connectivity index (χ2n) is 4.99. The standard InChI is InChI=1S/C15H24N2O/c16-12-13-4-8-15(9-5-13)18-11-3-1-2-10-17-14-6-7-14/h4-5,8-9,14,17H,1-3,6-7,10-12,16H2. The van der Waals surface area contributed by atoms with Gasteiger partial charge in [-0.15, -0.1) is 0 Å². The van der Waals surface area contributed by atoms with Crippen LogP contribution in [0.5, 0.6) is 5.75 Å². The van der Waals surface area contributed by atoms with Gasteiger partial charge in [0.15, 0.2) is 0 Å². The van der Waals surface area contributed by atoms with E-state index in [1.54, 1.807) is 0 Å². The average molecular weight is 248 g/mol. The highest BCUT2D eigenvalue weighted by Crippen LogP contribution is 2.18. The van der Waals surface area contributed by atoms with Crippen molar-refractivity contribution < 1.29 is 4.74 Å². The van der Waals surface area contributed by atoms with Crippen molar-refractivity contribution in [1.82, 2.24) is 5.32 Å². The van der Waals surface area contributed by atoms with Gasteiger partial charge in [0.2, 0.25) is 0 Å². The number of hydrogen-bond donors (Lipinski definition) is 2. The number of nitrogens with one attached hydrogen (secondary N) is 1. The van der Waals surface area contributed by atoms with Crippen LogP contribution < -0.4 is 15.8 Å². The van der Waals surface area contributed by atoms with E-state index in [-0.39, 0.29) is 0 Å². The summed E-state index contributed by atoms with van der Waals surface area (Å²) in [5, 5.41) is 3.53. The van der Waals surface area contributed by atoms with E-state index in [2.05, 4.69) is 5.32 Å². The smallest absolute Gasteiger partial charge is 0.119 e. The fourth-order valence-electron chi connectivity index (χ4n) is 1.91. The van der Waals surface area contributed by atoms with Gasteiger partial charge in [0.25, 0.3) is 0 Å².